The lowest BCUT2D eigenvalue weighted by molar-refractivity contribution is -0.112. The van der Waals surface area contributed by atoms with E-state index in [1.807, 2.05) is 49.3 Å². The third kappa shape index (κ3) is 4.35. The molecule has 116 valence electrons. The number of nitrogens with zero attached hydrogens (tertiary/aromatic N) is 2. The number of carbonyl (C=O) groups excluding carboxylic acids is 1. The molecule has 0 saturated heterocycles. The van der Waals surface area contributed by atoms with E-state index in [4.69, 9.17) is 0 Å². The lowest BCUT2D eigenvalue weighted by Crippen LogP contribution is -2.13. The van der Waals surface area contributed by atoms with E-state index in [1.165, 1.54) is 18.2 Å². The van der Waals surface area contributed by atoms with Gasteiger partial charge in [0.25, 0.3) is 5.91 Å². The van der Waals surface area contributed by atoms with Crippen LogP contribution in [-0.4, -0.2) is 25.1 Å². The Morgan fingerprint density at radius 1 is 1.13 bits per heavy atom. The van der Waals surface area contributed by atoms with Crippen molar-refractivity contribution in [1.29, 1.82) is 5.26 Å². The van der Waals surface area contributed by atoms with Gasteiger partial charge < -0.3 is 15.3 Å². The molecule has 0 radical (unpaired) electrons. The minimum Gasteiger partial charge on any atom is -0.508 e. The number of carbonyl (C=O) groups is 1. The number of benzene rings is 2. The van der Waals surface area contributed by atoms with Gasteiger partial charge in [-0.2, -0.15) is 5.26 Å². The Balaban J connectivity index is 2.16. The number of anilines is 2. The van der Waals surface area contributed by atoms with Gasteiger partial charge in [-0.1, -0.05) is 12.1 Å². The Hall–Kier alpha value is -3.26. The lowest BCUT2D eigenvalue weighted by Gasteiger charge is -2.11. The number of amides is 1. The fourth-order valence-corrected chi connectivity index (χ4v) is 1.93. The molecular formula is C18H17N3O2. The average molecular weight is 307 g/mol. The number of hydrogen-bond donors (Lipinski definition) is 2. The van der Waals surface area contributed by atoms with Gasteiger partial charge in [0.2, 0.25) is 0 Å². The highest BCUT2D eigenvalue weighted by atomic mass is 16.3. The van der Waals surface area contributed by atoms with Crippen molar-refractivity contribution in [3.05, 3.63) is 59.7 Å². The van der Waals surface area contributed by atoms with Gasteiger partial charge in [0, 0.05) is 25.5 Å². The summed E-state index contributed by atoms with van der Waals surface area (Å²) in [5.41, 5.74) is 2.33. The zero-order valence-corrected chi connectivity index (χ0v) is 12.9. The van der Waals surface area contributed by atoms with Crippen LogP contribution in [0.1, 0.15) is 5.56 Å². The number of phenolic OH excluding ortho intramolecular Hbond substituents is 1. The number of nitrogens with one attached hydrogen (secondary N) is 1. The van der Waals surface area contributed by atoms with Crippen LogP contribution in [-0.2, 0) is 4.79 Å². The SMILES string of the molecule is CN(C)c1ccc(C=C(C#N)C(=O)Nc2ccc(O)cc2)cc1. The van der Waals surface area contributed by atoms with Crippen molar-refractivity contribution < 1.29 is 9.90 Å². The summed E-state index contributed by atoms with van der Waals surface area (Å²) in [5.74, 6) is -0.380. The van der Waals surface area contributed by atoms with E-state index in [2.05, 4.69) is 5.32 Å². The van der Waals surface area contributed by atoms with Crippen LogP contribution >= 0.6 is 0 Å². The van der Waals surface area contributed by atoms with Crippen LogP contribution in [0.5, 0.6) is 5.75 Å². The Kier molecular flexibility index (Phi) is 5.00. The summed E-state index contributed by atoms with van der Waals surface area (Å²) in [6.07, 6.45) is 1.54. The van der Waals surface area contributed by atoms with Crippen molar-refractivity contribution in [2.24, 2.45) is 0 Å². The van der Waals surface area contributed by atoms with Gasteiger partial charge >= 0.3 is 0 Å². The summed E-state index contributed by atoms with van der Waals surface area (Å²) in [4.78, 5) is 14.1. The molecule has 2 aromatic rings. The van der Waals surface area contributed by atoms with Gasteiger partial charge in [0.05, 0.1) is 0 Å². The van der Waals surface area contributed by atoms with E-state index in [-0.39, 0.29) is 11.3 Å². The van der Waals surface area contributed by atoms with Crippen molar-refractivity contribution in [1.82, 2.24) is 0 Å². The highest BCUT2D eigenvalue weighted by molar-refractivity contribution is 6.09. The summed E-state index contributed by atoms with van der Waals surface area (Å²) in [6.45, 7) is 0. The molecule has 23 heavy (non-hydrogen) atoms. The Morgan fingerprint density at radius 3 is 2.26 bits per heavy atom. The largest absolute Gasteiger partial charge is 0.508 e. The molecule has 2 aromatic carbocycles. The topological polar surface area (TPSA) is 76.4 Å². The van der Waals surface area contributed by atoms with Gasteiger partial charge in [-0.05, 0) is 48.0 Å². The third-order valence-corrected chi connectivity index (χ3v) is 3.21. The Labute approximate surface area is 135 Å². The first-order valence-corrected chi connectivity index (χ1v) is 6.99. The fraction of sp³-hybridized carbons (Fsp3) is 0.111. The Bertz CT molecular complexity index is 754. The van der Waals surface area contributed by atoms with Crippen LogP contribution < -0.4 is 10.2 Å². The van der Waals surface area contributed by atoms with Gasteiger partial charge in [0.1, 0.15) is 17.4 Å². The van der Waals surface area contributed by atoms with E-state index in [1.54, 1.807) is 12.1 Å². The maximum absolute atomic E-state index is 12.1. The standard InChI is InChI=1S/C18H17N3O2/c1-21(2)16-7-3-13(4-8-16)11-14(12-19)18(23)20-15-5-9-17(22)10-6-15/h3-11,22H,1-2H3,(H,20,23). The van der Waals surface area contributed by atoms with Crippen LogP contribution in [0.25, 0.3) is 6.08 Å². The molecule has 2 N–H and O–H groups in total. The van der Waals surface area contributed by atoms with Crippen molar-refractivity contribution in [3.8, 4) is 11.8 Å². The molecule has 2 rings (SSSR count). The third-order valence-electron chi connectivity index (χ3n) is 3.21. The molecule has 0 fully saturated rings. The van der Waals surface area contributed by atoms with Crippen molar-refractivity contribution >= 4 is 23.4 Å². The van der Waals surface area contributed by atoms with Crippen LogP contribution in [0.15, 0.2) is 54.1 Å². The van der Waals surface area contributed by atoms with Crippen molar-refractivity contribution in [2.45, 2.75) is 0 Å². The summed E-state index contributed by atoms with van der Waals surface area (Å²) >= 11 is 0. The molecule has 0 aliphatic carbocycles. The molecule has 0 heterocycles. The first-order chi connectivity index (χ1) is 11.0. The monoisotopic (exact) mass is 307 g/mol. The van der Waals surface area contributed by atoms with Crippen LogP contribution in [0.4, 0.5) is 11.4 Å². The first kappa shape index (κ1) is 16.1. The second-order valence-corrected chi connectivity index (χ2v) is 5.16. The second-order valence-electron chi connectivity index (χ2n) is 5.16. The quantitative estimate of drug-likeness (QED) is 0.517. The van der Waals surface area contributed by atoms with Gasteiger partial charge in [0.15, 0.2) is 0 Å². The lowest BCUT2D eigenvalue weighted by atomic mass is 10.1. The van der Waals surface area contributed by atoms with E-state index in [0.29, 0.717) is 5.69 Å². The van der Waals surface area contributed by atoms with Crippen LogP contribution in [0.2, 0.25) is 0 Å². The molecule has 0 bridgehead atoms. The molecule has 5 nitrogen and oxygen atoms in total. The summed E-state index contributed by atoms with van der Waals surface area (Å²) in [5, 5.41) is 21.0. The van der Waals surface area contributed by atoms with E-state index in [9.17, 15) is 15.2 Å². The van der Waals surface area contributed by atoms with E-state index in [0.717, 1.165) is 11.3 Å². The molecule has 0 aliphatic rings. The maximum Gasteiger partial charge on any atom is 0.266 e. The van der Waals surface area contributed by atoms with Gasteiger partial charge in [-0.15, -0.1) is 0 Å². The molecule has 0 atom stereocenters. The van der Waals surface area contributed by atoms with Crippen molar-refractivity contribution in [3.63, 3.8) is 0 Å². The average Bonchev–Trinajstić information content (AvgIpc) is 2.55. The van der Waals surface area contributed by atoms with Crippen LogP contribution in [0.3, 0.4) is 0 Å². The highest BCUT2D eigenvalue weighted by Crippen LogP contribution is 2.17. The molecule has 0 aliphatic heterocycles. The number of hydrogen-bond acceptors (Lipinski definition) is 4. The minimum atomic E-state index is -0.491. The number of rotatable bonds is 4. The molecule has 0 aromatic heterocycles. The number of aromatic hydroxyl groups is 1. The molecule has 1 amide bonds. The van der Waals surface area contributed by atoms with Gasteiger partial charge in [-0.25, -0.2) is 0 Å². The van der Waals surface area contributed by atoms with Crippen LogP contribution in [0, 0.1) is 11.3 Å². The summed E-state index contributed by atoms with van der Waals surface area (Å²) < 4.78 is 0. The summed E-state index contributed by atoms with van der Waals surface area (Å²) in [7, 11) is 3.88. The zero-order chi connectivity index (χ0) is 16.8. The highest BCUT2D eigenvalue weighted by Gasteiger charge is 2.09. The molecule has 5 heteroatoms. The molecule has 0 saturated carbocycles. The molecule has 0 unspecified atom stereocenters. The fourth-order valence-electron chi connectivity index (χ4n) is 1.93. The first-order valence-electron chi connectivity index (χ1n) is 6.99. The summed E-state index contributed by atoms with van der Waals surface area (Å²) in [6, 6.07) is 15.5. The van der Waals surface area contributed by atoms with Gasteiger partial charge in [-0.3, -0.25) is 4.79 Å². The minimum absolute atomic E-state index is 0.00989. The molecule has 0 spiro atoms. The van der Waals surface area contributed by atoms with E-state index < -0.39 is 5.91 Å². The van der Waals surface area contributed by atoms with Crippen molar-refractivity contribution in [2.75, 3.05) is 24.3 Å². The second kappa shape index (κ2) is 7.14. The molecular weight excluding hydrogens is 290 g/mol. The number of phenols is 1. The Morgan fingerprint density at radius 2 is 1.74 bits per heavy atom. The smallest absolute Gasteiger partial charge is 0.266 e. The number of nitriles is 1. The predicted octanol–water partition coefficient (Wildman–Crippen LogP) is 3.00. The normalized spacial score (nSPS) is 10.7. The zero-order valence-electron chi connectivity index (χ0n) is 12.9. The predicted molar refractivity (Wildman–Crippen MR) is 91.1 cm³/mol. The van der Waals surface area contributed by atoms with E-state index >= 15 is 0 Å². The maximum atomic E-state index is 12.1.